The number of aromatic nitrogens is 3. The Balaban J connectivity index is 1.52. The van der Waals surface area contributed by atoms with Crippen LogP contribution in [0.15, 0.2) is 59.1 Å². The van der Waals surface area contributed by atoms with E-state index >= 15 is 0 Å². The van der Waals surface area contributed by atoms with Crippen LogP contribution in [0.3, 0.4) is 0 Å². The van der Waals surface area contributed by atoms with E-state index in [1.807, 2.05) is 42.6 Å². The minimum atomic E-state index is -0.726. The first kappa shape index (κ1) is 23.7. The van der Waals surface area contributed by atoms with Crippen molar-refractivity contribution in [2.75, 3.05) is 17.6 Å². The summed E-state index contributed by atoms with van der Waals surface area (Å²) in [6.07, 6.45) is 5.06. The molecule has 0 fully saturated rings. The number of nitrogens with zero attached hydrogens (tertiary/aromatic N) is 3. The molecule has 1 atom stereocenters. The molecule has 3 aromatic rings. The third-order valence-electron chi connectivity index (χ3n) is 4.62. The van der Waals surface area contributed by atoms with Crippen molar-refractivity contribution in [2.45, 2.75) is 31.7 Å². The van der Waals surface area contributed by atoms with Crippen molar-refractivity contribution in [3.8, 4) is 0 Å². The first-order valence-corrected chi connectivity index (χ1v) is 12.2. The molecule has 0 saturated heterocycles. The molecular weight excluding hydrogens is 446 g/mol. The summed E-state index contributed by atoms with van der Waals surface area (Å²) in [6.45, 7) is 2.13. The Morgan fingerprint density at radius 1 is 1.19 bits per heavy atom. The van der Waals surface area contributed by atoms with E-state index in [1.54, 1.807) is 6.20 Å². The van der Waals surface area contributed by atoms with Crippen molar-refractivity contribution in [1.82, 2.24) is 19.9 Å². The highest BCUT2D eigenvalue weighted by Crippen LogP contribution is 2.13. The lowest BCUT2D eigenvalue weighted by Crippen LogP contribution is -2.40. The molecule has 2 heterocycles. The Morgan fingerprint density at radius 2 is 2.00 bits per heavy atom. The second kappa shape index (κ2) is 12.2. The van der Waals surface area contributed by atoms with Gasteiger partial charge < -0.3 is 10.6 Å². The van der Waals surface area contributed by atoms with Crippen LogP contribution in [0.2, 0.25) is 0 Å². The summed E-state index contributed by atoms with van der Waals surface area (Å²) in [5.74, 6) is 0.769. The zero-order valence-corrected chi connectivity index (χ0v) is 19.3. The second-order valence-corrected chi connectivity index (χ2v) is 8.89. The van der Waals surface area contributed by atoms with Gasteiger partial charge in [-0.15, -0.1) is 23.1 Å². The summed E-state index contributed by atoms with van der Waals surface area (Å²) in [7, 11) is 0. The molecule has 1 aromatic carbocycles. The number of anilines is 1. The molecule has 10 heteroatoms. The summed E-state index contributed by atoms with van der Waals surface area (Å²) in [5, 5.41) is 8.33. The van der Waals surface area contributed by atoms with Crippen LogP contribution in [-0.4, -0.2) is 38.5 Å². The molecule has 0 aliphatic carbocycles. The number of hydrogen-bond donors (Lipinski definition) is 2. The maximum absolute atomic E-state index is 12.8. The van der Waals surface area contributed by atoms with Gasteiger partial charge in [0, 0.05) is 29.7 Å². The Morgan fingerprint density at radius 3 is 2.72 bits per heavy atom. The normalized spacial score (nSPS) is 11.7. The topological polar surface area (TPSA) is 106 Å². The van der Waals surface area contributed by atoms with Crippen LogP contribution >= 0.6 is 23.1 Å². The number of hydrogen-bond acceptors (Lipinski definition) is 8. The number of thiazole rings is 1. The molecule has 0 bridgehead atoms. The van der Waals surface area contributed by atoms with E-state index in [4.69, 9.17) is 0 Å². The van der Waals surface area contributed by atoms with Crippen LogP contribution in [0.1, 0.15) is 30.0 Å². The zero-order valence-electron chi connectivity index (χ0n) is 17.7. The third-order valence-corrected chi connectivity index (χ3v) is 6.46. The van der Waals surface area contributed by atoms with Crippen molar-refractivity contribution >= 4 is 40.6 Å². The van der Waals surface area contributed by atoms with E-state index in [2.05, 4.69) is 20.6 Å². The summed E-state index contributed by atoms with van der Waals surface area (Å²) < 4.78 is 1.35. The molecule has 0 aliphatic heterocycles. The van der Waals surface area contributed by atoms with Crippen molar-refractivity contribution in [3.05, 3.63) is 75.2 Å². The number of carbonyl (C=O) groups excluding carboxylic acids is 2. The highest BCUT2D eigenvalue weighted by Gasteiger charge is 2.21. The number of nitrogens with one attached hydrogen (secondary N) is 2. The number of ketones is 1. The molecule has 0 spiro atoms. The van der Waals surface area contributed by atoms with Gasteiger partial charge in [0.15, 0.2) is 11.6 Å². The quantitative estimate of drug-likeness (QED) is 0.418. The molecular formula is C22H25N5O3S2. The molecule has 2 aromatic heterocycles. The lowest BCUT2D eigenvalue weighted by atomic mass is 10.2. The number of carbonyl (C=O) groups is 2. The zero-order chi connectivity index (χ0) is 22.8. The largest absolute Gasteiger partial charge is 0.359 e. The predicted molar refractivity (Wildman–Crippen MR) is 128 cm³/mol. The van der Waals surface area contributed by atoms with Gasteiger partial charge in [0.05, 0.1) is 18.8 Å². The van der Waals surface area contributed by atoms with Gasteiger partial charge in [-0.3, -0.25) is 19.0 Å². The summed E-state index contributed by atoms with van der Waals surface area (Å²) in [6, 6.07) is 9.17. The van der Waals surface area contributed by atoms with Gasteiger partial charge in [0.2, 0.25) is 5.91 Å². The number of amides is 1. The molecule has 168 valence electrons. The maximum atomic E-state index is 12.8. The Kier molecular flexibility index (Phi) is 9.00. The molecule has 2 N–H and O–H groups in total. The summed E-state index contributed by atoms with van der Waals surface area (Å²) in [5.41, 5.74) is 0.757. The van der Waals surface area contributed by atoms with Crippen LogP contribution in [0.4, 0.5) is 5.82 Å². The van der Waals surface area contributed by atoms with Gasteiger partial charge in [0.1, 0.15) is 11.0 Å². The van der Waals surface area contributed by atoms with Crippen molar-refractivity contribution in [2.24, 2.45) is 0 Å². The third kappa shape index (κ3) is 6.76. The Labute approximate surface area is 194 Å². The average molecular weight is 472 g/mol. The summed E-state index contributed by atoms with van der Waals surface area (Å²) >= 11 is 2.98. The van der Waals surface area contributed by atoms with Crippen LogP contribution in [0.25, 0.3) is 0 Å². The molecule has 3 rings (SSSR count). The molecule has 0 radical (unpaired) electrons. The van der Waals surface area contributed by atoms with Gasteiger partial charge in [0.25, 0.3) is 5.56 Å². The van der Waals surface area contributed by atoms with Crippen molar-refractivity contribution < 1.29 is 9.59 Å². The molecule has 0 aliphatic rings. The lowest BCUT2D eigenvalue weighted by molar-refractivity contribution is -0.127. The second-order valence-electron chi connectivity index (χ2n) is 6.93. The van der Waals surface area contributed by atoms with Crippen LogP contribution < -0.4 is 16.2 Å². The number of Topliss-reactive ketones (excluding diaryl/α,β-unsaturated/α-hetero) is 1. The fourth-order valence-corrected chi connectivity index (χ4v) is 4.43. The van der Waals surface area contributed by atoms with E-state index in [0.29, 0.717) is 18.7 Å². The van der Waals surface area contributed by atoms with Gasteiger partial charge >= 0.3 is 0 Å². The highest BCUT2D eigenvalue weighted by molar-refractivity contribution is 7.99. The van der Waals surface area contributed by atoms with Gasteiger partial charge in [-0.2, -0.15) is 0 Å². The average Bonchev–Trinajstić information content (AvgIpc) is 3.33. The molecule has 32 heavy (non-hydrogen) atoms. The SMILES string of the molecule is CCC(C(=O)NCC(=O)CSCc1ccccc1)n1ccnc(NCc2nccs2)c1=O. The minimum Gasteiger partial charge on any atom is -0.359 e. The molecule has 0 saturated carbocycles. The van der Waals surface area contributed by atoms with Crippen LogP contribution in [0.5, 0.6) is 0 Å². The van der Waals surface area contributed by atoms with Gasteiger partial charge in [-0.1, -0.05) is 37.3 Å². The van der Waals surface area contributed by atoms with Gasteiger partial charge in [-0.05, 0) is 12.0 Å². The van der Waals surface area contributed by atoms with E-state index in [-0.39, 0.29) is 24.1 Å². The molecule has 8 nitrogen and oxygen atoms in total. The first-order valence-electron chi connectivity index (χ1n) is 10.2. The lowest BCUT2D eigenvalue weighted by Gasteiger charge is -2.18. The summed E-state index contributed by atoms with van der Waals surface area (Å²) in [4.78, 5) is 46.0. The van der Waals surface area contributed by atoms with E-state index in [1.165, 1.54) is 40.1 Å². The molecule has 1 amide bonds. The van der Waals surface area contributed by atoms with E-state index < -0.39 is 11.6 Å². The Bertz CT molecular complexity index is 1070. The Hall–Kier alpha value is -2.98. The smallest absolute Gasteiger partial charge is 0.294 e. The predicted octanol–water partition coefficient (Wildman–Crippen LogP) is 2.88. The van der Waals surface area contributed by atoms with Crippen molar-refractivity contribution in [1.29, 1.82) is 0 Å². The monoisotopic (exact) mass is 471 g/mol. The van der Waals surface area contributed by atoms with Crippen molar-refractivity contribution in [3.63, 3.8) is 0 Å². The number of benzene rings is 1. The first-order chi connectivity index (χ1) is 15.6. The van der Waals surface area contributed by atoms with Gasteiger partial charge in [-0.25, -0.2) is 9.97 Å². The van der Waals surface area contributed by atoms with E-state index in [9.17, 15) is 14.4 Å². The minimum absolute atomic E-state index is 0.0634. The van der Waals surface area contributed by atoms with Crippen LogP contribution in [-0.2, 0) is 21.9 Å². The standard InChI is InChI=1S/C22H25N5O3S2/c1-2-18(21(29)26-12-17(28)15-31-14-16-6-4-3-5-7-16)27-10-8-24-20(22(27)30)25-13-19-23-9-11-32-19/h3-11,18H,2,12-15H2,1H3,(H,24,25)(H,26,29). The fourth-order valence-electron chi connectivity index (χ4n) is 3.01. The number of thioether (sulfide) groups is 1. The van der Waals surface area contributed by atoms with E-state index in [0.717, 1.165) is 16.3 Å². The maximum Gasteiger partial charge on any atom is 0.294 e. The highest BCUT2D eigenvalue weighted by atomic mass is 32.2. The van der Waals surface area contributed by atoms with Crippen LogP contribution in [0, 0.1) is 0 Å². The molecule has 1 unspecified atom stereocenters. The number of rotatable bonds is 12. The fraction of sp³-hybridized carbons (Fsp3) is 0.318.